The quantitative estimate of drug-likeness (QED) is 0.200. The number of hydrogen-bond donors (Lipinski definition) is 3. The number of nitrogens with one attached hydrogen (secondary N) is 3. The predicted octanol–water partition coefficient (Wildman–Crippen LogP) is 2.92. The van der Waals surface area contributed by atoms with Gasteiger partial charge in [-0.25, -0.2) is 14.4 Å². The van der Waals surface area contributed by atoms with Crippen LogP contribution in [-0.4, -0.2) is 83.7 Å². The molecule has 4 aromatic rings. The summed E-state index contributed by atoms with van der Waals surface area (Å²) in [6, 6.07) is 8.27. The summed E-state index contributed by atoms with van der Waals surface area (Å²) in [5, 5.41) is 21.1. The number of aromatic nitrogens is 3. The number of carbonyl (C=O) groups excluding carboxylic acids is 2. The summed E-state index contributed by atoms with van der Waals surface area (Å²) in [5.74, 6) is -2.25. The first-order valence-electron chi connectivity index (χ1n) is 16.0. The van der Waals surface area contributed by atoms with E-state index in [1.54, 1.807) is 22.7 Å². The third-order valence-corrected chi connectivity index (χ3v) is 9.51. The number of carbonyl (C=O) groups is 2. The number of anilines is 2. The highest BCUT2D eigenvalue weighted by atomic mass is 19.2. The molecule has 6 rings (SSSR count). The first kappa shape index (κ1) is 32.3. The van der Waals surface area contributed by atoms with Crippen LogP contribution in [-0.2, 0) is 11.2 Å². The van der Waals surface area contributed by atoms with Crippen LogP contribution < -0.4 is 25.8 Å². The fourth-order valence-electron chi connectivity index (χ4n) is 6.83. The van der Waals surface area contributed by atoms with Crippen LogP contribution >= 0.6 is 0 Å². The lowest BCUT2D eigenvalue weighted by molar-refractivity contribution is -0.931. The number of hydrogen-bond acceptors (Lipinski definition) is 8. The number of aryl methyl sites for hydroxylation is 1. The Bertz CT molecular complexity index is 1780. The zero-order valence-corrected chi connectivity index (χ0v) is 26.5. The van der Waals surface area contributed by atoms with Crippen LogP contribution in [0.4, 0.5) is 20.3 Å². The summed E-state index contributed by atoms with van der Waals surface area (Å²) in [6.07, 6.45) is 6.94. The topological polar surface area (TPSA) is 133 Å². The van der Waals surface area contributed by atoms with Gasteiger partial charge in [-0.1, -0.05) is 6.92 Å². The molecule has 0 saturated carbocycles. The average Bonchev–Trinajstić information content (AvgIpc) is 3.48. The second-order valence-electron chi connectivity index (χ2n) is 12.6. The Morgan fingerprint density at radius 1 is 1.11 bits per heavy atom. The summed E-state index contributed by atoms with van der Waals surface area (Å²) in [5.41, 5.74) is 2.93. The number of rotatable bonds is 12. The van der Waals surface area contributed by atoms with E-state index in [-0.39, 0.29) is 29.7 Å². The minimum Gasteiger partial charge on any atom is -0.544 e. The molecule has 0 bridgehead atoms. The van der Waals surface area contributed by atoms with E-state index in [0.717, 1.165) is 51.1 Å². The number of imidazole rings is 1. The number of piperidine rings is 1. The molecule has 3 N–H and O–H groups in total. The van der Waals surface area contributed by atoms with Gasteiger partial charge in [0.15, 0.2) is 23.0 Å². The summed E-state index contributed by atoms with van der Waals surface area (Å²) in [6.45, 7) is 6.83. The number of likely N-dealkylation sites (tertiary alicyclic amines) is 1. The van der Waals surface area contributed by atoms with E-state index in [1.165, 1.54) is 31.6 Å². The normalized spacial score (nSPS) is 19.7. The van der Waals surface area contributed by atoms with Crippen molar-refractivity contribution in [3.05, 3.63) is 71.7 Å². The highest BCUT2D eigenvalue weighted by Gasteiger charge is 2.37. The van der Waals surface area contributed by atoms with Gasteiger partial charge in [-0.05, 0) is 48.2 Å². The van der Waals surface area contributed by atoms with Gasteiger partial charge < -0.3 is 35.1 Å². The summed E-state index contributed by atoms with van der Waals surface area (Å²) in [7, 11) is 1.28. The van der Waals surface area contributed by atoms with E-state index >= 15 is 0 Å². The third kappa shape index (κ3) is 6.77. The second-order valence-corrected chi connectivity index (χ2v) is 12.6. The average molecular weight is 648 g/mol. The van der Waals surface area contributed by atoms with E-state index in [1.807, 2.05) is 13.0 Å². The molecule has 1 amide bonds. The molecule has 13 heteroatoms. The summed E-state index contributed by atoms with van der Waals surface area (Å²) >= 11 is 0. The van der Waals surface area contributed by atoms with Gasteiger partial charge in [-0.3, -0.25) is 9.20 Å². The van der Waals surface area contributed by atoms with E-state index in [9.17, 15) is 23.5 Å². The van der Waals surface area contributed by atoms with Gasteiger partial charge >= 0.3 is 0 Å². The summed E-state index contributed by atoms with van der Waals surface area (Å²) < 4.78 is 36.4. The number of carboxylic acid groups (broad SMARTS) is 1. The van der Waals surface area contributed by atoms with Crippen LogP contribution in [0, 0.1) is 23.5 Å². The molecule has 2 aromatic heterocycles. The Kier molecular flexibility index (Phi) is 9.37. The van der Waals surface area contributed by atoms with Crippen molar-refractivity contribution >= 4 is 29.0 Å². The standard InChI is InChI=1S/C34H39F2N7O4/c1-3-23-14-24(41-32-33-39-18-27(42(33)11-10-38-32)26-6-7-28(47-2)31(36)30(26)35)4-5-25(23)34(46)40-17-21-8-12-43(13-9-21,20-29(44)45)19-22-15-37-16-22/h4-7,10-11,14,18,21-22,37H,3,8-9,12-13,15-17,19-20H2,1-2H3,(H2-,38,40,41,44,45,46). The maximum atomic E-state index is 14.9. The monoisotopic (exact) mass is 647 g/mol. The molecule has 0 unspecified atom stereocenters. The number of ether oxygens (including phenoxy) is 1. The van der Waals surface area contributed by atoms with Crippen molar-refractivity contribution in [2.24, 2.45) is 11.8 Å². The Labute approximate surface area is 271 Å². The van der Waals surface area contributed by atoms with Crippen molar-refractivity contribution in [2.75, 3.05) is 58.2 Å². The lowest BCUT2D eigenvalue weighted by atomic mass is 9.91. The zero-order valence-electron chi connectivity index (χ0n) is 26.5. The highest BCUT2D eigenvalue weighted by molar-refractivity contribution is 5.96. The number of carboxylic acids is 1. The van der Waals surface area contributed by atoms with Gasteiger partial charge in [0.1, 0.15) is 6.54 Å². The van der Waals surface area contributed by atoms with Crippen LogP contribution in [0.25, 0.3) is 16.9 Å². The predicted molar refractivity (Wildman–Crippen MR) is 170 cm³/mol. The molecule has 0 aliphatic carbocycles. The van der Waals surface area contributed by atoms with E-state index < -0.39 is 17.6 Å². The van der Waals surface area contributed by atoms with Gasteiger partial charge in [-0.2, -0.15) is 4.39 Å². The van der Waals surface area contributed by atoms with E-state index in [0.29, 0.717) is 51.8 Å². The molecule has 11 nitrogen and oxygen atoms in total. The number of nitrogens with zero attached hydrogens (tertiary/aromatic N) is 4. The van der Waals surface area contributed by atoms with Crippen LogP contribution in [0.15, 0.2) is 48.9 Å². The zero-order chi connectivity index (χ0) is 33.1. The van der Waals surface area contributed by atoms with Crippen molar-refractivity contribution in [3.63, 3.8) is 0 Å². The molecule has 2 saturated heterocycles. The molecule has 0 atom stereocenters. The minimum absolute atomic E-state index is 0.0342. The Hall–Kier alpha value is -4.62. The largest absolute Gasteiger partial charge is 0.544 e. The van der Waals surface area contributed by atoms with Crippen molar-refractivity contribution in [2.45, 2.75) is 26.2 Å². The van der Waals surface area contributed by atoms with Crippen LogP contribution in [0.1, 0.15) is 35.7 Å². The number of amides is 1. The maximum absolute atomic E-state index is 14.9. The van der Waals surface area contributed by atoms with Crippen molar-refractivity contribution in [1.29, 1.82) is 0 Å². The molecule has 2 fully saturated rings. The van der Waals surface area contributed by atoms with Crippen LogP contribution in [0.2, 0.25) is 0 Å². The Balaban J connectivity index is 1.11. The fourth-order valence-corrected chi connectivity index (χ4v) is 6.83. The number of fused-ring (bicyclic) bond motifs is 1. The molecular formula is C34H39F2N7O4. The summed E-state index contributed by atoms with van der Waals surface area (Å²) in [4.78, 5) is 33.6. The van der Waals surface area contributed by atoms with Crippen LogP contribution in [0.3, 0.4) is 0 Å². The Morgan fingerprint density at radius 3 is 2.57 bits per heavy atom. The van der Waals surface area contributed by atoms with Crippen molar-refractivity contribution in [3.8, 4) is 17.0 Å². The smallest absolute Gasteiger partial charge is 0.251 e. The van der Waals surface area contributed by atoms with Crippen molar-refractivity contribution < 1.29 is 32.7 Å². The molecule has 47 heavy (non-hydrogen) atoms. The van der Waals surface area contributed by atoms with Crippen LogP contribution in [0.5, 0.6) is 5.75 Å². The number of aliphatic carboxylic acids is 1. The molecule has 2 aliphatic rings. The van der Waals surface area contributed by atoms with E-state index in [2.05, 4.69) is 25.9 Å². The number of quaternary nitrogens is 1. The van der Waals surface area contributed by atoms with Crippen molar-refractivity contribution in [1.82, 2.24) is 25.0 Å². The van der Waals surface area contributed by atoms with Gasteiger partial charge in [0.05, 0.1) is 44.6 Å². The Morgan fingerprint density at radius 2 is 1.89 bits per heavy atom. The first-order valence-corrected chi connectivity index (χ1v) is 16.0. The molecular weight excluding hydrogens is 608 g/mol. The molecule has 2 aromatic carbocycles. The maximum Gasteiger partial charge on any atom is 0.251 e. The number of halogens is 2. The highest BCUT2D eigenvalue weighted by Crippen LogP contribution is 2.32. The minimum atomic E-state index is -1.07. The van der Waals surface area contributed by atoms with Gasteiger partial charge in [0, 0.05) is 67.6 Å². The molecule has 0 spiro atoms. The lowest BCUT2D eigenvalue weighted by Gasteiger charge is -2.47. The SMILES string of the molecule is CCc1cc(Nc2nccn3c(-c4ccc(OC)c(F)c4F)cnc23)ccc1C(=O)NCC1CC[N+](CC(=O)[O-])(CC2CNC2)CC1. The number of methoxy groups -OCH3 is 1. The second kappa shape index (κ2) is 13.6. The van der Waals surface area contributed by atoms with Gasteiger partial charge in [0.25, 0.3) is 5.91 Å². The van der Waals surface area contributed by atoms with Gasteiger partial charge in [-0.15, -0.1) is 0 Å². The lowest BCUT2D eigenvalue weighted by Crippen LogP contribution is -2.63. The first-order chi connectivity index (χ1) is 22.7. The number of benzene rings is 2. The van der Waals surface area contributed by atoms with Gasteiger partial charge in [0.2, 0.25) is 5.82 Å². The molecule has 0 radical (unpaired) electrons. The molecule has 248 valence electrons. The fraction of sp³-hybridized carbons (Fsp3) is 0.412. The molecule has 2 aliphatic heterocycles. The van der Waals surface area contributed by atoms with E-state index in [4.69, 9.17) is 4.74 Å². The third-order valence-electron chi connectivity index (χ3n) is 9.51. The molecule has 4 heterocycles.